The van der Waals surface area contributed by atoms with Crippen LogP contribution in [0.1, 0.15) is 181 Å². The lowest BCUT2D eigenvalue weighted by molar-refractivity contribution is -0.357. The molecule has 6 saturated carbocycles. The fraction of sp³-hybridized carbons (Fsp3) is 0.830. The molecule has 4 bridgehead atoms. The molecule has 7 aliphatic carbocycles. The van der Waals surface area contributed by atoms with Crippen molar-refractivity contribution in [1.82, 2.24) is 0 Å². The number of aliphatic hydroxyl groups is 3. The van der Waals surface area contributed by atoms with Gasteiger partial charge in [0, 0.05) is 35.0 Å². The fourth-order valence-electron chi connectivity index (χ4n) is 18.3. The zero-order chi connectivity index (χ0) is 41.7. The van der Waals surface area contributed by atoms with Gasteiger partial charge in [-0.15, -0.1) is 5.92 Å². The first-order chi connectivity index (χ1) is 28.1. The van der Waals surface area contributed by atoms with Crippen molar-refractivity contribution in [2.45, 2.75) is 200 Å². The molecule has 0 aromatic heterocycles. The van der Waals surface area contributed by atoms with Crippen LogP contribution in [-0.2, 0) is 16.0 Å². The van der Waals surface area contributed by atoms with Gasteiger partial charge in [-0.25, -0.2) is 0 Å². The minimum atomic E-state index is -1.46. The van der Waals surface area contributed by atoms with E-state index < -0.39 is 44.9 Å². The molecule has 1 aromatic carbocycles. The number of carbonyl (C=O) groups is 1. The normalized spacial score (nSPS) is 50.3. The first kappa shape index (κ1) is 42.4. The Balaban J connectivity index is 1.23. The fourth-order valence-corrected chi connectivity index (χ4v) is 18.3. The summed E-state index contributed by atoms with van der Waals surface area (Å²) in [6.07, 6.45) is 21.5. The van der Waals surface area contributed by atoms with Crippen LogP contribution in [0, 0.1) is 78.8 Å². The Hall–Kier alpha value is -1.91. The van der Waals surface area contributed by atoms with Gasteiger partial charge in [0.1, 0.15) is 0 Å². The van der Waals surface area contributed by atoms with Crippen LogP contribution < -0.4 is 0 Å². The topological polar surface area (TPSA) is 107 Å². The van der Waals surface area contributed by atoms with E-state index in [9.17, 15) is 25.2 Å². The van der Waals surface area contributed by atoms with Crippen LogP contribution in [0.25, 0.3) is 0 Å². The van der Waals surface area contributed by atoms with Crippen LogP contribution in [0.2, 0.25) is 0 Å². The van der Waals surface area contributed by atoms with Gasteiger partial charge in [0.05, 0.1) is 24.2 Å². The third kappa shape index (κ3) is 5.54. The average Bonchev–Trinajstić information content (AvgIpc) is 3.40. The number of hydrogen-bond donors (Lipinski definition) is 4. The highest BCUT2D eigenvalue weighted by molar-refractivity contribution is 5.74. The number of fused-ring (bicyclic) bond motifs is 3. The van der Waals surface area contributed by atoms with Gasteiger partial charge in [-0.1, -0.05) is 109 Å². The highest BCUT2D eigenvalue weighted by Gasteiger charge is 2.87. The SMILES string of the molecule is CCCC1C2(O)CC(O)C3(CO)C1(CCC14C#CCC(CCC5CCCCC5)CCC5(CCC13C)C1CC(C)(C(=O)O)CCC1(C)CCC54C)C(Cc1ccccc1)O2. The number of hydrogen-bond acceptors (Lipinski definition) is 5. The van der Waals surface area contributed by atoms with Gasteiger partial charge in [-0.05, 0) is 142 Å². The van der Waals surface area contributed by atoms with E-state index in [1.807, 2.05) is 13.0 Å². The third-order valence-corrected chi connectivity index (χ3v) is 21.5. The first-order valence-corrected chi connectivity index (χ1v) is 24.5. The van der Waals surface area contributed by atoms with E-state index in [1.165, 1.54) is 44.9 Å². The molecule has 0 radical (unpaired) electrons. The Morgan fingerprint density at radius 1 is 0.814 bits per heavy atom. The second-order valence-electron chi connectivity index (χ2n) is 23.4. The first-order valence-electron chi connectivity index (χ1n) is 24.5. The molecule has 1 aromatic rings. The predicted octanol–water partition coefficient (Wildman–Crippen LogP) is 10.9. The summed E-state index contributed by atoms with van der Waals surface area (Å²) in [5, 5.41) is 49.2. The van der Waals surface area contributed by atoms with E-state index in [0.29, 0.717) is 12.3 Å². The van der Waals surface area contributed by atoms with Gasteiger partial charge in [0.25, 0.3) is 0 Å². The van der Waals surface area contributed by atoms with Crippen LogP contribution in [0.4, 0.5) is 0 Å². The number of rotatable bonds is 9. The molecule has 0 amide bonds. The maximum atomic E-state index is 13.2. The second-order valence-corrected chi connectivity index (χ2v) is 23.4. The quantitative estimate of drug-likeness (QED) is 0.185. The summed E-state index contributed by atoms with van der Waals surface area (Å²) in [5.41, 5.74) is -2.61. The van der Waals surface area contributed by atoms with E-state index >= 15 is 0 Å². The number of carboxylic acid groups (broad SMARTS) is 1. The molecule has 7 fully saturated rings. The molecule has 1 saturated heterocycles. The van der Waals surface area contributed by atoms with Crippen molar-refractivity contribution < 1.29 is 30.0 Å². The predicted molar refractivity (Wildman–Crippen MR) is 232 cm³/mol. The van der Waals surface area contributed by atoms with Crippen molar-refractivity contribution >= 4 is 5.97 Å². The summed E-state index contributed by atoms with van der Waals surface area (Å²) in [4.78, 5) is 13.2. The van der Waals surface area contributed by atoms with Crippen molar-refractivity contribution in [1.29, 1.82) is 0 Å². The number of ether oxygens (including phenoxy) is 1. The summed E-state index contributed by atoms with van der Waals surface area (Å²) < 4.78 is 7.03. The van der Waals surface area contributed by atoms with E-state index in [4.69, 9.17) is 4.74 Å². The lowest BCUT2D eigenvalue weighted by Crippen LogP contribution is -2.80. The number of carboxylic acids is 1. The van der Waals surface area contributed by atoms with Gasteiger partial charge >= 0.3 is 5.97 Å². The van der Waals surface area contributed by atoms with Gasteiger partial charge in [-0.3, -0.25) is 4.79 Å². The van der Waals surface area contributed by atoms with E-state index in [-0.39, 0.29) is 47.2 Å². The molecule has 326 valence electrons. The van der Waals surface area contributed by atoms with Crippen molar-refractivity contribution in [3.05, 3.63) is 35.9 Å². The third-order valence-electron chi connectivity index (χ3n) is 21.5. The molecular formula is C53H78O6. The van der Waals surface area contributed by atoms with E-state index in [1.54, 1.807) is 0 Å². The largest absolute Gasteiger partial charge is 0.481 e. The molecule has 1 heterocycles. The summed E-state index contributed by atoms with van der Waals surface area (Å²) in [7, 11) is 0. The van der Waals surface area contributed by atoms with Gasteiger partial charge in [0.15, 0.2) is 5.79 Å². The summed E-state index contributed by atoms with van der Waals surface area (Å²) in [6, 6.07) is 10.5. The summed E-state index contributed by atoms with van der Waals surface area (Å²) >= 11 is 0. The summed E-state index contributed by atoms with van der Waals surface area (Å²) in [5.74, 6) is 7.62. The molecule has 6 nitrogen and oxygen atoms in total. The van der Waals surface area contributed by atoms with Crippen molar-refractivity contribution in [3.8, 4) is 11.8 Å². The zero-order valence-corrected chi connectivity index (χ0v) is 37.4. The average molecular weight is 811 g/mol. The highest BCUT2D eigenvalue weighted by atomic mass is 16.6. The minimum Gasteiger partial charge on any atom is -0.481 e. The minimum absolute atomic E-state index is 0.0696. The van der Waals surface area contributed by atoms with Crippen LogP contribution in [0.3, 0.4) is 0 Å². The molecule has 14 atom stereocenters. The zero-order valence-electron chi connectivity index (χ0n) is 37.4. The van der Waals surface area contributed by atoms with E-state index in [2.05, 4.69) is 63.8 Å². The molecule has 9 rings (SSSR count). The lowest BCUT2D eigenvalue weighted by Gasteiger charge is -2.81. The Morgan fingerprint density at radius 2 is 1.53 bits per heavy atom. The van der Waals surface area contributed by atoms with E-state index in [0.717, 1.165) is 101 Å². The van der Waals surface area contributed by atoms with Crippen LogP contribution in [0.15, 0.2) is 30.3 Å². The monoisotopic (exact) mass is 811 g/mol. The van der Waals surface area contributed by atoms with Crippen molar-refractivity contribution in [3.63, 3.8) is 0 Å². The Morgan fingerprint density at radius 3 is 2.24 bits per heavy atom. The molecule has 2 spiro atoms. The van der Waals surface area contributed by atoms with Gasteiger partial charge in [0.2, 0.25) is 0 Å². The van der Waals surface area contributed by atoms with Crippen LogP contribution in [0.5, 0.6) is 0 Å². The Labute approximate surface area is 356 Å². The Bertz CT molecular complexity index is 1810. The smallest absolute Gasteiger partial charge is 0.309 e. The van der Waals surface area contributed by atoms with Crippen LogP contribution >= 0.6 is 0 Å². The molecule has 4 N–H and O–H groups in total. The maximum Gasteiger partial charge on any atom is 0.309 e. The van der Waals surface area contributed by atoms with Gasteiger partial charge in [-0.2, -0.15) is 0 Å². The Kier molecular flexibility index (Phi) is 10.5. The molecule has 6 heteroatoms. The molecular weight excluding hydrogens is 733 g/mol. The molecule has 1 aliphatic heterocycles. The van der Waals surface area contributed by atoms with Crippen molar-refractivity contribution in [2.75, 3.05) is 6.61 Å². The number of aliphatic carboxylic acids is 1. The highest BCUT2D eigenvalue weighted by Crippen LogP contribution is 2.88. The standard InChI is InChI=1S/C53H78O6/c1-6-14-40-51-32-31-50-23-13-19-38(21-20-37-15-9-7-10-16-37)22-24-49(41-34-46(3,44(56)57)26-25-45(41,2)27-28-47(49,50)4)30-29-48(50,5)52(51,36-54)42(55)35-53(40,58)59-43(51)33-39-17-11-8-12-18-39/h8,11-12,17-18,37-38,40-43,54-55,58H,6-7,9-10,14-16,19-22,24-36H2,1-5H3,(H,56,57). The van der Waals surface area contributed by atoms with Crippen molar-refractivity contribution in [2.24, 2.45) is 67.0 Å². The lowest BCUT2D eigenvalue weighted by atomic mass is 9.21. The number of benzene rings is 1. The van der Waals surface area contributed by atoms with Crippen LogP contribution in [-0.4, -0.2) is 51.0 Å². The second kappa shape index (κ2) is 14.6. The molecule has 14 unspecified atom stereocenters. The molecule has 8 aliphatic rings. The van der Waals surface area contributed by atoms with Gasteiger partial charge < -0.3 is 25.2 Å². The molecule has 59 heavy (non-hydrogen) atoms. The summed E-state index contributed by atoms with van der Waals surface area (Å²) in [6.45, 7) is 11.6. The number of aliphatic hydroxyl groups excluding tert-OH is 2. The maximum absolute atomic E-state index is 13.2.